The molecule has 0 aromatic heterocycles. The third-order valence-corrected chi connectivity index (χ3v) is 5.39. The third kappa shape index (κ3) is 3.55. The number of benzene rings is 1. The Morgan fingerprint density at radius 3 is 2.26 bits per heavy atom. The summed E-state index contributed by atoms with van der Waals surface area (Å²) in [6.07, 6.45) is 0.912. The molecule has 1 N–H and O–H groups in total. The standard InChI is InChI=1S/C14H21NO3S/c1-14(2)7-8-15(11-14)19(17,18)10-13-5-3-12(9-16)4-6-13/h3-6,16H,7-11H2,1-2H3. The van der Waals surface area contributed by atoms with E-state index in [-0.39, 0.29) is 17.8 Å². The molecule has 0 saturated carbocycles. The molecule has 1 aromatic carbocycles. The molecule has 0 amide bonds. The predicted octanol–water partition coefficient (Wildman–Crippen LogP) is 1.74. The fourth-order valence-corrected chi connectivity index (χ4v) is 4.06. The molecule has 1 heterocycles. The molecule has 1 fully saturated rings. The van der Waals surface area contributed by atoms with Gasteiger partial charge in [0.2, 0.25) is 10.0 Å². The molecular weight excluding hydrogens is 262 g/mol. The van der Waals surface area contributed by atoms with E-state index in [2.05, 4.69) is 13.8 Å². The Balaban J connectivity index is 2.08. The van der Waals surface area contributed by atoms with Crippen molar-refractivity contribution < 1.29 is 13.5 Å². The van der Waals surface area contributed by atoms with Crippen molar-refractivity contribution in [1.82, 2.24) is 4.31 Å². The maximum absolute atomic E-state index is 12.3. The lowest BCUT2D eigenvalue weighted by molar-refractivity contribution is 0.282. The first-order chi connectivity index (χ1) is 8.82. The molecule has 2 rings (SSSR count). The van der Waals surface area contributed by atoms with Crippen molar-refractivity contribution in [1.29, 1.82) is 0 Å². The molecule has 0 spiro atoms. The maximum Gasteiger partial charge on any atom is 0.218 e. The zero-order valence-corrected chi connectivity index (χ0v) is 12.3. The molecule has 0 aliphatic carbocycles. The van der Waals surface area contributed by atoms with Crippen LogP contribution in [0.3, 0.4) is 0 Å². The molecular formula is C14H21NO3S. The molecule has 1 aromatic rings. The van der Waals surface area contributed by atoms with E-state index >= 15 is 0 Å². The first-order valence-electron chi connectivity index (χ1n) is 6.49. The van der Waals surface area contributed by atoms with E-state index in [1.54, 1.807) is 28.6 Å². The molecule has 0 unspecified atom stereocenters. The van der Waals surface area contributed by atoms with Crippen LogP contribution in [0.1, 0.15) is 31.4 Å². The molecule has 0 atom stereocenters. The van der Waals surface area contributed by atoms with E-state index < -0.39 is 10.0 Å². The van der Waals surface area contributed by atoms with E-state index in [4.69, 9.17) is 5.11 Å². The summed E-state index contributed by atoms with van der Waals surface area (Å²) in [7, 11) is -3.23. The second-order valence-corrected chi connectivity index (χ2v) is 7.95. The Labute approximate surface area is 115 Å². The van der Waals surface area contributed by atoms with Gasteiger partial charge in [0, 0.05) is 13.1 Å². The summed E-state index contributed by atoms with van der Waals surface area (Å²) in [5.74, 6) is 0.0365. The van der Waals surface area contributed by atoms with Crippen molar-refractivity contribution in [2.75, 3.05) is 13.1 Å². The summed E-state index contributed by atoms with van der Waals surface area (Å²) < 4.78 is 26.2. The van der Waals surface area contributed by atoms with Crippen molar-refractivity contribution >= 4 is 10.0 Å². The number of sulfonamides is 1. The minimum absolute atomic E-state index is 0.0205. The molecule has 0 radical (unpaired) electrons. The highest BCUT2D eigenvalue weighted by molar-refractivity contribution is 7.88. The van der Waals surface area contributed by atoms with Crippen LogP contribution in [0, 0.1) is 5.41 Å². The van der Waals surface area contributed by atoms with Crippen molar-refractivity contribution in [2.24, 2.45) is 5.41 Å². The van der Waals surface area contributed by atoms with Gasteiger partial charge in [0.05, 0.1) is 12.4 Å². The van der Waals surface area contributed by atoms with Crippen LogP contribution in [0.15, 0.2) is 24.3 Å². The average molecular weight is 283 g/mol. The molecule has 1 saturated heterocycles. The minimum atomic E-state index is -3.23. The first kappa shape index (κ1) is 14.5. The largest absolute Gasteiger partial charge is 0.392 e. The van der Waals surface area contributed by atoms with Gasteiger partial charge in [-0.3, -0.25) is 0 Å². The van der Waals surface area contributed by atoms with Crippen molar-refractivity contribution in [3.05, 3.63) is 35.4 Å². The first-order valence-corrected chi connectivity index (χ1v) is 8.10. The van der Waals surface area contributed by atoms with E-state index in [1.807, 2.05) is 0 Å². The molecule has 5 heteroatoms. The number of hydrogen-bond acceptors (Lipinski definition) is 3. The van der Waals surface area contributed by atoms with Crippen LogP contribution in [0.2, 0.25) is 0 Å². The minimum Gasteiger partial charge on any atom is -0.392 e. The Kier molecular flexibility index (Phi) is 3.99. The Hall–Kier alpha value is -0.910. The van der Waals surface area contributed by atoms with Gasteiger partial charge < -0.3 is 5.11 Å². The summed E-state index contributed by atoms with van der Waals surface area (Å²) in [5, 5.41) is 8.96. The van der Waals surface area contributed by atoms with Gasteiger partial charge in [-0.15, -0.1) is 0 Å². The lowest BCUT2D eigenvalue weighted by Crippen LogP contribution is -2.31. The van der Waals surface area contributed by atoms with Crippen LogP contribution in [-0.4, -0.2) is 30.9 Å². The topological polar surface area (TPSA) is 57.6 Å². The molecule has 19 heavy (non-hydrogen) atoms. The van der Waals surface area contributed by atoms with Crippen LogP contribution in [0.4, 0.5) is 0 Å². The zero-order valence-electron chi connectivity index (χ0n) is 11.5. The lowest BCUT2D eigenvalue weighted by atomic mass is 9.93. The van der Waals surface area contributed by atoms with Gasteiger partial charge in [-0.25, -0.2) is 12.7 Å². The summed E-state index contributed by atoms with van der Waals surface area (Å²) >= 11 is 0. The zero-order chi connectivity index (χ0) is 14.1. The van der Waals surface area contributed by atoms with E-state index in [1.165, 1.54) is 0 Å². The molecule has 4 nitrogen and oxygen atoms in total. The second-order valence-electron chi connectivity index (χ2n) is 5.98. The van der Waals surface area contributed by atoms with E-state index in [0.29, 0.717) is 13.1 Å². The Morgan fingerprint density at radius 2 is 1.79 bits per heavy atom. The Morgan fingerprint density at radius 1 is 1.21 bits per heavy atom. The maximum atomic E-state index is 12.3. The quantitative estimate of drug-likeness (QED) is 0.915. The smallest absolute Gasteiger partial charge is 0.218 e. The van der Waals surface area contributed by atoms with Gasteiger partial charge in [0.15, 0.2) is 0 Å². The van der Waals surface area contributed by atoms with Gasteiger partial charge in [0.25, 0.3) is 0 Å². The van der Waals surface area contributed by atoms with Crippen LogP contribution in [-0.2, 0) is 22.4 Å². The molecule has 1 aliphatic heterocycles. The van der Waals surface area contributed by atoms with Crippen LogP contribution in [0.5, 0.6) is 0 Å². The van der Waals surface area contributed by atoms with Gasteiger partial charge in [-0.05, 0) is 23.0 Å². The van der Waals surface area contributed by atoms with Gasteiger partial charge >= 0.3 is 0 Å². The van der Waals surface area contributed by atoms with E-state index in [0.717, 1.165) is 17.5 Å². The lowest BCUT2D eigenvalue weighted by Gasteiger charge is -2.19. The van der Waals surface area contributed by atoms with Crippen LogP contribution >= 0.6 is 0 Å². The summed E-state index contributed by atoms with van der Waals surface area (Å²) in [6.45, 7) is 5.39. The van der Waals surface area contributed by atoms with Gasteiger partial charge in [-0.1, -0.05) is 38.1 Å². The highest BCUT2D eigenvalue weighted by Crippen LogP contribution is 2.31. The predicted molar refractivity (Wildman–Crippen MR) is 75.0 cm³/mol. The highest BCUT2D eigenvalue weighted by Gasteiger charge is 2.35. The normalized spacial score (nSPS) is 19.7. The van der Waals surface area contributed by atoms with Crippen molar-refractivity contribution in [3.8, 4) is 0 Å². The van der Waals surface area contributed by atoms with Crippen LogP contribution < -0.4 is 0 Å². The number of hydrogen-bond donors (Lipinski definition) is 1. The number of rotatable bonds is 4. The average Bonchev–Trinajstić information content (AvgIpc) is 2.71. The number of aliphatic hydroxyl groups excluding tert-OH is 1. The van der Waals surface area contributed by atoms with Gasteiger partial charge in [0.1, 0.15) is 0 Å². The SMILES string of the molecule is CC1(C)CCN(S(=O)(=O)Cc2ccc(CO)cc2)C1. The third-order valence-electron chi connectivity index (χ3n) is 3.59. The van der Waals surface area contributed by atoms with Gasteiger partial charge in [-0.2, -0.15) is 0 Å². The fourth-order valence-electron chi connectivity index (χ4n) is 2.34. The monoisotopic (exact) mass is 283 g/mol. The molecule has 1 aliphatic rings. The van der Waals surface area contributed by atoms with Crippen LogP contribution in [0.25, 0.3) is 0 Å². The number of nitrogens with zero attached hydrogens (tertiary/aromatic N) is 1. The number of aliphatic hydroxyl groups is 1. The molecule has 106 valence electrons. The fraction of sp³-hybridized carbons (Fsp3) is 0.571. The van der Waals surface area contributed by atoms with Crippen molar-refractivity contribution in [2.45, 2.75) is 32.6 Å². The Bertz CT molecular complexity index is 534. The summed E-state index contributed by atoms with van der Waals surface area (Å²) in [6, 6.07) is 7.06. The van der Waals surface area contributed by atoms with Crippen molar-refractivity contribution in [3.63, 3.8) is 0 Å². The van der Waals surface area contributed by atoms with E-state index in [9.17, 15) is 8.42 Å². The summed E-state index contributed by atoms with van der Waals surface area (Å²) in [4.78, 5) is 0. The highest BCUT2D eigenvalue weighted by atomic mass is 32.2. The molecule has 0 bridgehead atoms. The second kappa shape index (κ2) is 5.23. The summed E-state index contributed by atoms with van der Waals surface area (Å²) in [5.41, 5.74) is 1.64.